The average Bonchev–Trinajstić information content (AvgIpc) is 2.94. The van der Waals surface area contributed by atoms with Gasteiger partial charge in [-0.25, -0.2) is 8.42 Å². The molecule has 2 N–H and O–H groups in total. The number of benzene rings is 4. The van der Waals surface area contributed by atoms with E-state index < -0.39 is 22.0 Å². The third-order valence-corrected chi connectivity index (χ3v) is 7.49. The highest BCUT2D eigenvalue weighted by molar-refractivity contribution is 7.89. The van der Waals surface area contributed by atoms with Crippen LogP contribution >= 0.6 is 0 Å². The van der Waals surface area contributed by atoms with Gasteiger partial charge in [0.05, 0.1) is 11.5 Å². The number of sulfonamides is 1. The minimum absolute atomic E-state index is 0.0641. The van der Waals surface area contributed by atoms with Crippen LogP contribution in [0.4, 0.5) is 5.69 Å². The van der Waals surface area contributed by atoms with Gasteiger partial charge in [0.2, 0.25) is 15.9 Å². The maximum Gasteiger partial charge on any atom is 0.242 e. The molecule has 0 aliphatic rings. The Morgan fingerprint density at radius 3 is 2.08 bits per heavy atom. The monoisotopic (exact) mass is 544 g/mol. The van der Waals surface area contributed by atoms with Gasteiger partial charge in [0.1, 0.15) is 24.1 Å². The van der Waals surface area contributed by atoms with Gasteiger partial charge in [0, 0.05) is 5.69 Å². The molecule has 4 aromatic rings. The Morgan fingerprint density at radius 1 is 0.821 bits per heavy atom. The van der Waals surface area contributed by atoms with E-state index in [9.17, 15) is 13.2 Å². The Kier molecular flexibility index (Phi) is 9.35. The molecule has 0 fully saturated rings. The van der Waals surface area contributed by atoms with Crippen molar-refractivity contribution in [3.05, 3.63) is 120 Å². The van der Waals surface area contributed by atoms with E-state index in [0.717, 1.165) is 11.1 Å². The summed E-state index contributed by atoms with van der Waals surface area (Å²) >= 11 is 0. The SMILES string of the molecule is CCOc1ccc(S(=O)(=O)N[C@@H](Cc2ccccc2)C(=O)Nc2ccc(OCc3ccccc3)cc2)cc1C. The van der Waals surface area contributed by atoms with E-state index in [4.69, 9.17) is 9.47 Å². The lowest BCUT2D eigenvalue weighted by atomic mass is 10.1. The molecule has 4 rings (SSSR count). The standard InChI is InChI=1S/C31H32N2O5S/c1-3-37-30-19-18-28(20-23(30)2)39(35,36)33-29(21-24-10-6-4-7-11-24)31(34)32-26-14-16-27(17-15-26)38-22-25-12-8-5-9-13-25/h4-20,29,33H,3,21-22H2,1-2H3,(H,32,34)/t29-/m0/s1. The molecule has 1 atom stereocenters. The molecule has 0 aliphatic carbocycles. The van der Waals surface area contributed by atoms with Crippen molar-refractivity contribution in [2.45, 2.75) is 37.8 Å². The van der Waals surface area contributed by atoms with E-state index >= 15 is 0 Å². The van der Waals surface area contributed by atoms with Crippen molar-refractivity contribution >= 4 is 21.6 Å². The number of rotatable bonds is 12. The molecular weight excluding hydrogens is 512 g/mol. The molecule has 0 unspecified atom stereocenters. The van der Waals surface area contributed by atoms with Crippen LogP contribution in [0.3, 0.4) is 0 Å². The normalized spacial score (nSPS) is 11.9. The van der Waals surface area contributed by atoms with Crippen molar-refractivity contribution in [3.63, 3.8) is 0 Å². The zero-order chi connectivity index (χ0) is 27.7. The summed E-state index contributed by atoms with van der Waals surface area (Å²) in [5, 5.41) is 2.83. The summed E-state index contributed by atoms with van der Waals surface area (Å²) < 4.78 is 40.5. The van der Waals surface area contributed by atoms with Crippen LogP contribution in [-0.4, -0.2) is 27.0 Å². The summed E-state index contributed by atoms with van der Waals surface area (Å²) in [6.45, 7) is 4.55. The summed E-state index contributed by atoms with van der Waals surface area (Å²) in [7, 11) is -4.00. The zero-order valence-corrected chi connectivity index (χ0v) is 22.8. The van der Waals surface area contributed by atoms with Gasteiger partial charge in [-0.3, -0.25) is 4.79 Å². The van der Waals surface area contributed by atoms with E-state index in [1.54, 1.807) is 43.3 Å². The summed E-state index contributed by atoms with van der Waals surface area (Å²) in [4.78, 5) is 13.4. The van der Waals surface area contributed by atoms with Crippen LogP contribution in [0.25, 0.3) is 0 Å². The molecule has 4 aromatic carbocycles. The van der Waals surface area contributed by atoms with Gasteiger partial charge in [0.15, 0.2) is 0 Å². The topological polar surface area (TPSA) is 93.7 Å². The lowest BCUT2D eigenvalue weighted by molar-refractivity contribution is -0.117. The van der Waals surface area contributed by atoms with Gasteiger partial charge >= 0.3 is 0 Å². The largest absolute Gasteiger partial charge is 0.494 e. The first kappa shape index (κ1) is 27.9. The van der Waals surface area contributed by atoms with Crippen molar-refractivity contribution < 1.29 is 22.7 Å². The number of nitrogens with one attached hydrogen (secondary N) is 2. The minimum Gasteiger partial charge on any atom is -0.494 e. The smallest absolute Gasteiger partial charge is 0.242 e. The first-order valence-corrected chi connectivity index (χ1v) is 14.2. The number of hydrogen-bond donors (Lipinski definition) is 2. The molecule has 1 amide bonds. The number of hydrogen-bond acceptors (Lipinski definition) is 5. The first-order valence-electron chi connectivity index (χ1n) is 12.7. The van der Waals surface area contributed by atoms with Gasteiger partial charge < -0.3 is 14.8 Å². The molecule has 39 heavy (non-hydrogen) atoms. The second kappa shape index (κ2) is 13.1. The number of aryl methyl sites for hydroxylation is 1. The Hall–Kier alpha value is -4.14. The summed E-state index contributed by atoms with van der Waals surface area (Å²) in [5.41, 5.74) is 3.10. The summed E-state index contributed by atoms with van der Waals surface area (Å²) in [6, 6.07) is 29.7. The third-order valence-electron chi connectivity index (χ3n) is 6.02. The van der Waals surface area contributed by atoms with E-state index in [1.165, 1.54) is 6.07 Å². The molecule has 7 nitrogen and oxygen atoms in total. The van der Waals surface area contributed by atoms with Crippen molar-refractivity contribution in [1.82, 2.24) is 4.72 Å². The summed E-state index contributed by atoms with van der Waals surface area (Å²) in [5.74, 6) is 0.804. The first-order chi connectivity index (χ1) is 18.8. The van der Waals surface area contributed by atoms with E-state index in [0.29, 0.717) is 36.0 Å². The third kappa shape index (κ3) is 7.92. The molecule has 0 aromatic heterocycles. The van der Waals surface area contributed by atoms with Crippen LogP contribution in [0.15, 0.2) is 108 Å². The maximum absolute atomic E-state index is 13.3. The van der Waals surface area contributed by atoms with Crippen LogP contribution in [0, 0.1) is 6.92 Å². The predicted molar refractivity (Wildman–Crippen MR) is 152 cm³/mol. The van der Waals surface area contributed by atoms with Crippen molar-refractivity contribution in [3.8, 4) is 11.5 Å². The second-order valence-electron chi connectivity index (χ2n) is 9.01. The molecule has 0 radical (unpaired) electrons. The maximum atomic E-state index is 13.3. The van der Waals surface area contributed by atoms with Gasteiger partial charge in [-0.15, -0.1) is 0 Å². The molecule has 0 bridgehead atoms. The number of carbonyl (C=O) groups excluding carboxylic acids is 1. The predicted octanol–water partition coefficient (Wildman–Crippen LogP) is 5.50. The highest BCUT2D eigenvalue weighted by Crippen LogP contribution is 2.23. The van der Waals surface area contributed by atoms with Crippen LogP contribution in [0.2, 0.25) is 0 Å². The second-order valence-corrected chi connectivity index (χ2v) is 10.7. The molecule has 202 valence electrons. The van der Waals surface area contributed by atoms with Crippen molar-refractivity contribution in [1.29, 1.82) is 0 Å². The van der Waals surface area contributed by atoms with Crippen molar-refractivity contribution in [2.24, 2.45) is 0 Å². The summed E-state index contributed by atoms with van der Waals surface area (Å²) in [6.07, 6.45) is 0.181. The number of anilines is 1. The fourth-order valence-electron chi connectivity index (χ4n) is 4.00. The highest BCUT2D eigenvalue weighted by Gasteiger charge is 2.27. The zero-order valence-electron chi connectivity index (χ0n) is 22.0. The van der Waals surface area contributed by atoms with E-state index in [1.807, 2.05) is 67.6 Å². The van der Waals surface area contributed by atoms with E-state index in [-0.39, 0.29) is 11.3 Å². The lowest BCUT2D eigenvalue weighted by Gasteiger charge is -2.19. The van der Waals surface area contributed by atoms with Gasteiger partial charge in [-0.05, 0) is 79.4 Å². The molecule has 0 spiro atoms. The Labute approximate surface area is 229 Å². The molecule has 0 heterocycles. The van der Waals surface area contributed by atoms with Crippen LogP contribution in [0.1, 0.15) is 23.6 Å². The Balaban J connectivity index is 1.48. The molecule has 8 heteroatoms. The Bertz CT molecular complexity index is 1470. The fraction of sp³-hybridized carbons (Fsp3) is 0.194. The van der Waals surface area contributed by atoms with Crippen LogP contribution < -0.4 is 19.5 Å². The van der Waals surface area contributed by atoms with Gasteiger partial charge in [-0.2, -0.15) is 4.72 Å². The number of carbonyl (C=O) groups is 1. The van der Waals surface area contributed by atoms with Crippen molar-refractivity contribution in [2.75, 3.05) is 11.9 Å². The quantitative estimate of drug-likeness (QED) is 0.246. The van der Waals surface area contributed by atoms with Crippen LogP contribution in [-0.2, 0) is 27.8 Å². The average molecular weight is 545 g/mol. The number of ether oxygens (including phenoxy) is 2. The van der Waals surface area contributed by atoms with Crippen LogP contribution in [0.5, 0.6) is 11.5 Å². The van der Waals surface area contributed by atoms with Gasteiger partial charge in [0.25, 0.3) is 0 Å². The Morgan fingerprint density at radius 2 is 1.46 bits per heavy atom. The molecule has 0 aliphatic heterocycles. The number of amides is 1. The van der Waals surface area contributed by atoms with Gasteiger partial charge in [-0.1, -0.05) is 60.7 Å². The van der Waals surface area contributed by atoms with E-state index in [2.05, 4.69) is 10.0 Å². The molecular formula is C31H32N2O5S. The highest BCUT2D eigenvalue weighted by atomic mass is 32.2. The molecule has 0 saturated carbocycles. The lowest BCUT2D eigenvalue weighted by Crippen LogP contribution is -2.45. The minimum atomic E-state index is -4.00. The fourth-order valence-corrected chi connectivity index (χ4v) is 5.28. The molecule has 0 saturated heterocycles.